The Hall–Kier alpha value is -3.54. The van der Waals surface area contributed by atoms with Crippen molar-refractivity contribution < 1.29 is 16.8 Å². The lowest BCUT2D eigenvalue weighted by Crippen LogP contribution is -2.22. The van der Waals surface area contributed by atoms with Crippen LogP contribution in [-0.2, 0) is 20.0 Å². The highest BCUT2D eigenvalue weighted by molar-refractivity contribution is 7.91. The zero-order valence-corrected chi connectivity index (χ0v) is 24.1. The topological polar surface area (TPSA) is 144 Å². The molecule has 202 valence electrons. The van der Waals surface area contributed by atoms with Crippen molar-refractivity contribution in [2.75, 3.05) is 21.1 Å². The first kappa shape index (κ1) is 27.0. The summed E-state index contributed by atoms with van der Waals surface area (Å²) in [7, 11) is -2.70. The number of nitrogens with zero attached hydrogens (tertiary/aromatic N) is 7. The molecule has 12 nitrogen and oxygen atoms in total. The lowest BCUT2D eigenvalue weighted by atomic mass is 10.2. The number of hydrogen-bond acceptors (Lipinski definition) is 10. The molecule has 0 saturated carbocycles. The van der Waals surface area contributed by atoms with E-state index in [-0.39, 0.29) is 8.68 Å². The van der Waals surface area contributed by atoms with E-state index < -0.39 is 20.0 Å². The van der Waals surface area contributed by atoms with Gasteiger partial charge in [0.1, 0.15) is 0 Å². The molecule has 0 atom stereocenters. The fourth-order valence-corrected chi connectivity index (χ4v) is 7.43. The number of imidazole rings is 2. The van der Waals surface area contributed by atoms with E-state index in [0.717, 1.165) is 49.5 Å². The van der Waals surface area contributed by atoms with Gasteiger partial charge in [-0.05, 0) is 7.05 Å². The van der Waals surface area contributed by atoms with Crippen LogP contribution in [0.3, 0.4) is 0 Å². The second-order valence-corrected chi connectivity index (χ2v) is 14.5. The van der Waals surface area contributed by atoms with Crippen molar-refractivity contribution in [3.05, 3.63) is 73.1 Å². The van der Waals surface area contributed by atoms with Crippen LogP contribution in [0.1, 0.15) is 0 Å². The average molecular weight is 603 g/mol. The van der Waals surface area contributed by atoms with Crippen molar-refractivity contribution in [2.24, 2.45) is 0 Å². The van der Waals surface area contributed by atoms with E-state index in [4.69, 9.17) is 0 Å². The molecule has 6 rings (SSSR count). The van der Waals surface area contributed by atoms with Gasteiger partial charge in [-0.1, -0.05) is 83.3 Å². The smallest absolute Gasteiger partial charge is 0.217 e. The zero-order chi connectivity index (χ0) is 27.8. The summed E-state index contributed by atoms with van der Waals surface area (Å²) in [4.78, 5) is 9.90. The molecule has 0 spiro atoms. The molecule has 0 bridgehead atoms. The third kappa shape index (κ3) is 5.47. The molecule has 6 aromatic rings. The molecule has 39 heavy (non-hydrogen) atoms. The zero-order valence-electron chi connectivity index (χ0n) is 20.8. The van der Waals surface area contributed by atoms with E-state index in [1.54, 1.807) is 12.4 Å². The van der Waals surface area contributed by atoms with Gasteiger partial charge in [-0.3, -0.25) is 0 Å². The third-order valence-corrected chi connectivity index (χ3v) is 11.2. The van der Waals surface area contributed by atoms with E-state index in [9.17, 15) is 16.8 Å². The fraction of sp³-hybridized carbons (Fsp3) is 0.130. The van der Waals surface area contributed by atoms with Crippen molar-refractivity contribution in [2.45, 2.75) is 8.68 Å². The summed E-state index contributed by atoms with van der Waals surface area (Å²) < 4.78 is 53.6. The number of rotatable bonds is 6. The van der Waals surface area contributed by atoms with Crippen LogP contribution in [0.4, 0.5) is 0 Å². The van der Waals surface area contributed by atoms with Crippen molar-refractivity contribution in [3.63, 3.8) is 0 Å². The molecule has 16 heteroatoms. The molecular weight excluding hydrogens is 581 g/mol. The van der Waals surface area contributed by atoms with Crippen LogP contribution in [0.2, 0.25) is 0 Å². The number of fused-ring (bicyclic) bond motifs is 2. The quantitative estimate of drug-likeness (QED) is 0.306. The van der Waals surface area contributed by atoms with Crippen LogP contribution in [0.15, 0.2) is 81.7 Å². The Labute approximate surface area is 232 Å². The lowest BCUT2D eigenvalue weighted by molar-refractivity contribution is 0.518. The first-order chi connectivity index (χ1) is 18.6. The summed E-state index contributed by atoms with van der Waals surface area (Å²) in [6, 6.07) is 19.3. The molecule has 4 heterocycles. The van der Waals surface area contributed by atoms with Crippen molar-refractivity contribution in [1.29, 1.82) is 0 Å². The molecule has 0 saturated heterocycles. The number of hydrogen-bond donors (Lipinski definition) is 1. The highest BCUT2D eigenvalue weighted by Gasteiger charge is 2.23. The Morgan fingerprint density at radius 3 is 1.56 bits per heavy atom. The molecule has 0 aliphatic rings. The van der Waals surface area contributed by atoms with E-state index >= 15 is 0 Å². The fourth-order valence-electron chi connectivity index (χ4n) is 3.32. The van der Waals surface area contributed by atoms with Crippen molar-refractivity contribution in [1.82, 2.24) is 38.2 Å². The summed E-state index contributed by atoms with van der Waals surface area (Å²) in [5, 5.41) is 8.12. The Morgan fingerprint density at radius 2 is 1.15 bits per heavy atom. The van der Waals surface area contributed by atoms with Crippen molar-refractivity contribution in [3.8, 4) is 22.5 Å². The highest BCUT2D eigenvalue weighted by atomic mass is 32.3. The predicted molar refractivity (Wildman–Crippen MR) is 150 cm³/mol. The largest absolute Gasteiger partial charge is 0.271 e. The molecule has 0 radical (unpaired) electrons. The number of aromatic nitrogens is 6. The Morgan fingerprint density at radius 1 is 0.718 bits per heavy atom. The molecule has 0 unspecified atom stereocenters. The maximum Gasteiger partial charge on any atom is 0.271 e. The standard InChI is InChI=1S/C12H12N4O2S2.C11H10N4O2S2/c1-15(2)20(17,18)12-14-16-8-10(13-11(16)19-12)9-6-4-3-5-7-9;1-12-19(16,17)11-14-15-7-9(13-10(15)18-11)8-5-3-2-4-6-8/h3-8H,1-2H3;2-7,12H,1H3. The summed E-state index contributed by atoms with van der Waals surface area (Å²) in [5.41, 5.74) is 3.49. The summed E-state index contributed by atoms with van der Waals surface area (Å²) in [6.07, 6.45) is 3.45. The maximum atomic E-state index is 12.0. The van der Waals surface area contributed by atoms with Crippen LogP contribution in [0, 0.1) is 0 Å². The molecular formula is C23H22N8O4S4. The van der Waals surface area contributed by atoms with Crippen LogP contribution < -0.4 is 4.72 Å². The first-order valence-corrected chi connectivity index (χ1v) is 15.8. The Kier molecular flexibility index (Phi) is 7.32. The second-order valence-electron chi connectivity index (χ2n) is 8.17. The van der Waals surface area contributed by atoms with Gasteiger partial charge in [-0.25, -0.2) is 44.9 Å². The predicted octanol–water partition coefficient (Wildman–Crippen LogP) is 3.07. The molecule has 2 aromatic carbocycles. The van der Waals surface area contributed by atoms with E-state index in [0.29, 0.717) is 9.92 Å². The van der Waals surface area contributed by atoms with Gasteiger partial charge in [0.15, 0.2) is 0 Å². The monoisotopic (exact) mass is 602 g/mol. The molecule has 4 aromatic heterocycles. The summed E-state index contributed by atoms with van der Waals surface area (Å²) >= 11 is 2.09. The molecule has 0 aliphatic heterocycles. The molecule has 0 aliphatic carbocycles. The minimum Gasteiger partial charge on any atom is -0.217 e. The average Bonchev–Trinajstić information content (AvgIpc) is 3.69. The van der Waals surface area contributed by atoms with Gasteiger partial charge in [-0.15, -0.1) is 10.2 Å². The summed E-state index contributed by atoms with van der Waals surface area (Å²) in [6.45, 7) is 0. The lowest BCUT2D eigenvalue weighted by Gasteiger charge is -2.06. The minimum absolute atomic E-state index is 0.0112. The first-order valence-electron chi connectivity index (χ1n) is 11.3. The summed E-state index contributed by atoms with van der Waals surface area (Å²) in [5.74, 6) is 0. The Balaban J connectivity index is 0.000000158. The number of sulfonamides is 2. The second kappa shape index (κ2) is 10.6. The molecule has 0 amide bonds. The Bertz CT molecular complexity index is 1900. The normalized spacial score (nSPS) is 12.2. The van der Waals surface area contributed by atoms with Gasteiger partial charge in [0, 0.05) is 25.2 Å². The van der Waals surface area contributed by atoms with E-state index in [2.05, 4.69) is 24.9 Å². The SMILES string of the molecule is CN(C)S(=O)(=O)c1nn2cc(-c3ccccc3)nc2s1.CNS(=O)(=O)c1nn2cc(-c3ccccc3)nc2s1. The van der Waals surface area contributed by atoms with Crippen LogP contribution >= 0.6 is 22.7 Å². The van der Waals surface area contributed by atoms with Crippen LogP contribution in [-0.4, -0.2) is 71.5 Å². The third-order valence-electron chi connectivity index (χ3n) is 5.39. The van der Waals surface area contributed by atoms with Crippen molar-refractivity contribution >= 4 is 52.6 Å². The van der Waals surface area contributed by atoms with Gasteiger partial charge in [-0.2, -0.15) is 0 Å². The highest BCUT2D eigenvalue weighted by Crippen LogP contribution is 2.26. The van der Waals surface area contributed by atoms with Gasteiger partial charge in [0.25, 0.3) is 20.0 Å². The van der Waals surface area contributed by atoms with Gasteiger partial charge < -0.3 is 0 Å². The van der Waals surface area contributed by atoms with Gasteiger partial charge >= 0.3 is 0 Å². The molecule has 0 fully saturated rings. The van der Waals surface area contributed by atoms with E-state index in [1.807, 2.05) is 60.7 Å². The van der Waals surface area contributed by atoms with E-state index in [1.165, 1.54) is 30.2 Å². The van der Waals surface area contributed by atoms with Gasteiger partial charge in [0.2, 0.25) is 18.6 Å². The number of benzene rings is 2. The minimum atomic E-state index is -3.51. The number of nitrogens with one attached hydrogen (secondary N) is 1. The van der Waals surface area contributed by atoms with Crippen LogP contribution in [0.5, 0.6) is 0 Å². The van der Waals surface area contributed by atoms with Crippen LogP contribution in [0.25, 0.3) is 32.4 Å². The maximum absolute atomic E-state index is 12.0. The van der Waals surface area contributed by atoms with Gasteiger partial charge in [0.05, 0.1) is 23.8 Å². The molecule has 1 N–H and O–H groups in total.